The van der Waals surface area contributed by atoms with Gasteiger partial charge in [0.05, 0.1) is 6.61 Å². The topological polar surface area (TPSA) is 87.2 Å². The molecule has 0 spiro atoms. The minimum absolute atomic E-state index is 0.155. The Morgan fingerprint density at radius 3 is 2.58 bits per heavy atom. The highest BCUT2D eigenvalue weighted by Crippen LogP contribution is 2.16. The van der Waals surface area contributed by atoms with Crippen LogP contribution in [0.5, 0.6) is 0 Å². The summed E-state index contributed by atoms with van der Waals surface area (Å²) in [5.74, 6) is 0.359. The molecule has 2 N–H and O–H groups in total. The molecule has 0 saturated heterocycles. The zero-order chi connectivity index (χ0) is 14.7. The molecule has 1 aromatic heterocycles. The highest BCUT2D eigenvalue weighted by molar-refractivity contribution is 7.89. The molecule has 0 saturated carbocycles. The smallest absolute Gasteiger partial charge is 0.331 e. The summed E-state index contributed by atoms with van der Waals surface area (Å²) in [6, 6.07) is 0. The van der Waals surface area contributed by atoms with Crippen LogP contribution in [0.1, 0.15) is 19.2 Å². The molecule has 0 aromatic carbocycles. The average molecular weight is 301 g/mol. The molecule has 0 bridgehead atoms. The van der Waals surface area contributed by atoms with Crippen LogP contribution in [0.2, 0.25) is 0 Å². The Bertz CT molecular complexity index is 525. The number of ether oxygens (including phenoxy) is 1. The first-order valence-electron chi connectivity index (χ1n) is 5.43. The third-order valence-electron chi connectivity index (χ3n) is 2.20. The zero-order valence-corrected chi connectivity index (χ0v) is 11.0. The molecule has 1 rings (SSSR count). The molecule has 1 heterocycles. The lowest BCUT2D eigenvalue weighted by Crippen LogP contribution is -2.18. The van der Waals surface area contributed by atoms with Gasteiger partial charge >= 0.3 is 6.36 Å². The van der Waals surface area contributed by atoms with Crippen LogP contribution in [0.15, 0.2) is 11.2 Å². The van der Waals surface area contributed by atoms with Gasteiger partial charge in [0.15, 0.2) is 5.03 Å². The molecular weight excluding hydrogens is 287 g/mol. The lowest BCUT2D eigenvalue weighted by atomic mass is 10.3. The molecular formula is C9H14F3N3O3S. The summed E-state index contributed by atoms with van der Waals surface area (Å²) in [4.78, 5) is 3.80. The van der Waals surface area contributed by atoms with E-state index in [9.17, 15) is 21.6 Å². The van der Waals surface area contributed by atoms with Gasteiger partial charge in [-0.1, -0.05) is 6.92 Å². The molecule has 110 valence electrons. The monoisotopic (exact) mass is 301 g/mol. The van der Waals surface area contributed by atoms with E-state index in [1.54, 1.807) is 0 Å². The van der Waals surface area contributed by atoms with Crippen molar-refractivity contribution in [1.82, 2.24) is 9.55 Å². The van der Waals surface area contributed by atoms with Crippen molar-refractivity contribution in [1.29, 1.82) is 0 Å². The number of aromatic nitrogens is 2. The highest BCUT2D eigenvalue weighted by Gasteiger charge is 2.28. The van der Waals surface area contributed by atoms with Crippen molar-refractivity contribution in [2.45, 2.75) is 37.7 Å². The summed E-state index contributed by atoms with van der Waals surface area (Å²) in [6.07, 6.45) is -2.50. The zero-order valence-electron chi connectivity index (χ0n) is 10.1. The molecule has 19 heavy (non-hydrogen) atoms. The van der Waals surface area contributed by atoms with E-state index in [0.29, 0.717) is 18.7 Å². The summed E-state index contributed by atoms with van der Waals surface area (Å²) in [5.41, 5.74) is 0. The normalized spacial score (nSPS) is 12.9. The highest BCUT2D eigenvalue weighted by atomic mass is 32.2. The van der Waals surface area contributed by atoms with Gasteiger partial charge in [-0.15, -0.1) is 13.2 Å². The SMILES string of the molecule is CCCc1nc(S(N)(=O)=O)cn1CCOC(F)(F)F. The number of sulfonamides is 1. The maximum Gasteiger partial charge on any atom is 0.522 e. The van der Waals surface area contributed by atoms with Crippen LogP contribution < -0.4 is 5.14 Å². The molecule has 0 amide bonds. The molecule has 0 fully saturated rings. The first-order chi connectivity index (χ1) is 8.63. The molecule has 0 atom stereocenters. The second kappa shape index (κ2) is 5.88. The van der Waals surface area contributed by atoms with Crippen molar-refractivity contribution in [3.63, 3.8) is 0 Å². The third-order valence-corrected chi connectivity index (χ3v) is 2.98. The van der Waals surface area contributed by atoms with Gasteiger partial charge in [0.25, 0.3) is 10.0 Å². The summed E-state index contributed by atoms with van der Waals surface area (Å²) >= 11 is 0. The molecule has 0 aliphatic rings. The number of hydrogen-bond donors (Lipinski definition) is 1. The largest absolute Gasteiger partial charge is 0.522 e. The maximum absolute atomic E-state index is 11.8. The number of hydrogen-bond acceptors (Lipinski definition) is 4. The van der Waals surface area contributed by atoms with E-state index in [-0.39, 0.29) is 11.6 Å². The Hall–Kier alpha value is -1.13. The van der Waals surface area contributed by atoms with Crippen LogP contribution in [-0.2, 0) is 27.7 Å². The fourth-order valence-corrected chi connectivity index (χ4v) is 1.95. The number of rotatable bonds is 6. The van der Waals surface area contributed by atoms with Crippen LogP contribution in [0.3, 0.4) is 0 Å². The number of nitrogens with two attached hydrogens (primary N) is 1. The van der Waals surface area contributed by atoms with Crippen molar-refractivity contribution >= 4 is 10.0 Å². The number of nitrogens with zero attached hydrogens (tertiary/aromatic N) is 2. The standard InChI is InChI=1S/C9H14F3N3O3S/c1-2-3-7-14-8(19(13,16)17)6-15(7)4-5-18-9(10,11)12/h6H,2-5H2,1H3,(H2,13,16,17). The predicted molar refractivity (Wildman–Crippen MR) is 59.6 cm³/mol. The number of imidazole rings is 1. The fourth-order valence-electron chi connectivity index (χ4n) is 1.44. The lowest BCUT2D eigenvalue weighted by Gasteiger charge is -2.09. The summed E-state index contributed by atoms with van der Waals surface area (Å²) < 4.78 is 62.7. The number of primary sulfonamides is 1. The molecule has 0 aliphatic heterocycles. The van der Waals surface area contributed by atoms with Gasteiger partial charge in [-0.2, -0.15) is 0 Å². The van der Waals surface area contributed by atoms with E-state index in [0.717, 1.165) is 6.20 Å². The van der Waals surface area contributed by atoms with Gasteiger partial charge in [-0.3, -0.25) is 4.74 Å². The third kappa shape index (κ3) is 5.17. The number of alkyl halides is 3. The van der Waals surface area contributed by atoms with Gasteiger partial charge in [-0.05, 0) is 6.42 Å². The molecule has 1 aromatic rings. The Labute approximate surface area is 108 Å². The predicted octanol–water partition coefficient (Wildman–Crippen LogP) is 1.02. The molecule has 10 heteroatoms. The van der Waals surface area contributed by atoms with E-state index in [2.05, 4.69) is 9.72 Å². The quantitative estimate of drug-likeness (QED) is 0.849. The van der Waals surface area contributed by atoms with Gasteiger partial charge in [0.1, 0.15) is 5.82 Å². The molecule has 6 nitrogen and oxygen atoms in total. The van der Waals surface area contributed by atoms with Crippen LogP contribution in [0.4, 0.5) is 13.2 Å². The number of halogens is 3. The van der Waals surface area contributed by atoms with E-state index in [1.165, 1.54) is 4.57 Å². The van der Waals surface area contributed by atoms with E-state index in [4.69, 9.17) is 5.14 Å². The summed E-state index contributed by atoms with van der Waals surface area (Å²) in [7, 11) is -3.97. The van der Waals surface area contributed by atoms with Crippen molar-refractivity contribution < 1.29 is 26.3 Å². The second-order valence-electron chi connectivity index (χ2n) is 3.78. The summed E-state index contributed by atoms with van der Waals surface area (Å²) in [6.45, 7) is 1.06. The Morgan fingerprint density at radius 2 is 2.11 bits per heavy atom. The average Bonchev–Trinajstić information content (AvgIpc) is 2.60. The minimum Gasteiger partial charge on any atom is -0.331 e. The van der Waals surface area contributed by atoms with Gasteiger partial charge in [0, 0.05) is 19.2 Å². The maximum atomic E-state index is 11.8. The second-order valence-corrected chi connectivity index (χ2v) is 5.29. The van der Waals surface area contributed by atoms with E-state index >= 15 is 0 Å². The van der Waals surface area contributed by atoms with Crippen molar-refractivity contribution in [3.8, 4) is 0 Å². The number of aryl methyl sites for hydroxylation is 1. The molecule has 0 aliphatic carbocycles. The van der Waals surface area contributed by atoms with Crippen molar-refractivity contribution in [2.75, 3.05) is 6.61 Å². The lowest BCUT2D eigenvalue weighted by molar-refractivity contribution is -0.325. The van der Waals surface area contributed by atoms with Crippen molar-refractivity contribution in [3.05, 3.63) is 12.0 Å². The Morgan fingerprint density at radius 1 is 1.47 bits per heavy atom. The van der Waals surface area contributed by atoms with Crippen LogP contribution in [0.25, 0.3) is 0 Å². The van der Waals surface area contributed by atoms with Gasteiger partial charge in [0.2, 0.25) is 0 Å². The molecule has 0 unspecified atom stereocenters. The van der Waals surface area contributed by atoms with Crippen LogP contribution in [-0.4, -0.2) is 30.9 Å². The van der Waals surface area contributed by atoms with Gasteiger partial charge < -0.3 is 4.57 Å². The Balaban J connectivity index is 2.83. The molecule has 0 radical (unpaired) electrons. The van der Waals surface area contributed by atoms with E-state index < -0.39 is 23.0 Å². The first kappa shape index (κ1) is 15.9. The first-order valence-corrected chi connectivity index (χ1v) is 6.97. The van der Waals surface area contributed by atoms with Crippen LogP contribution in [0, 0.1) is 0 Å². The minimum atomic E-state index is -4.71. The van der Waals surface area contributed by atoms with Crippen LogP contribution >= 0.6 is 0 Å². The Kier molecular flexibility index (Phi) is 4.93. The fraction of sp³-hybridized carbons (Fsp3) is 0.667. The van der Waals surface area contributed by atoms with Gasteiger partial charge in [-0.25, -0.2) is 18.5 Å². The van der Waals surface area contributed by atoms with E-state index in [1.807, 2.05) is 6.92 Å². The van der Waals surface area contributed by atoms with Crippen molar-refractivity contribution in [2.24, 2.45) is 5.14 Å². The summed E-state index contributed by atoms with van der Waals surface area (Å²) in [5, 5.41) is 4.56.